The molecule has 0 N–H and O–H groups in total. The summed E-state index contributed by atoms with van der Waals surface area (Å²) in [6, 6.07) is 5.51. The van der Waals surface area contributed by atoms with Crippen molar-refractivity contribution in [1.29, 1.82) is 0 Å². The van der Waals surface area contributed by atoms with Gasteiger partial charge in [0.15, 0.2) is 0 Å². The highest BCUT2D eigenvalue weighted by atomic mass is 16.6. The monoisotopic (exact) mass is 286 g/mol. The average Bonchev–Trinajstić information content (AvgIpc) is 2.72. The molecule has 0 spiro atoms. The van der Waals surface area contributed by atoms with Gasteiger partial charge in [-0.25, -0.2) is 0 Å². The maximum atomic E-state index is 12.5. The fourth-order valence-electron chi connectivity index (χ4n) is 3.13. The molecule has 1 fully saturated rings. The fourth-order valence-corrected chi connectivity index (χ4v) is 3.13. The van der Waals surface area contributed by atoms with Crippen molar-refractivity contribution in [3.63, 3.8) is 0 Å². The third-order valence-corrected chi connectivity index (χ3v) is 4.19. The zero-order chi connectivity index (χ0) is 15.1. The molecule has 3 atom stereocenters. The van der Waals surface area contributed by atoms with Crippen LogP contribution in [-0.4, -0.2) is 16.7 Å². The SMILES string of the molecule is C[C@@H]1C=CC[C@H]2C(=O)N(c3ccc([N+](=O)[O-])cc3)C(=O)[C@H]12. The van der Waals surface area contributed by atoms with Crippen LogP contribution < -0.4 is 4.90 Å². The van der Waals surface area contributed by atoms with E-state index in [1.54, 1.807) is 0 Å². The number of rotatable bonds is 2. The third-order valence-electron chi connectivity index (χ3n) is 4.19. The Morgan fingerprint density at radius 1 is 1.19 bits per heavy atom. The van der Waals surface area contributed by atoms with Crippen molar-refractivity contribution < 1.29 is 14.5 Å². The van der Waals surface area contributed by atoms with Gasteiger partial charge in [-0.2, -0.15) is 0 Å². The topological polar surface area (TPSA) is 80.5 Å². The molecule has 1 aromatic rings. The van der Waals surface area contributed by atoms with Crippen molar-refractivity contribution in [1.82, 2.24) is 0 Å². The summed E-state index contributed by atoms with van der Waals surface area (Å²) in [5.41, 5.74) is 0.336. The summed E-state index contributed by atoms with van der Waals surface area (Å²) < 4.78 is 0. The van der Waals surface area contributed by atoms with Crippen molar-refractivity contribution >= 4 is 23.2 Å². The van der Waals surface area contributed by atoms with Crippen LogP contribution in [0.1, 0.15) is 13.3 Å². The van der Waals surface area contributed by atoms with Gasteiger partial charge in [-0.1, -0.05) is 19.1 Å². The normalized spacial score (nSPS) is 27.9. The number of nitro groups is 1. The summed E-state index contributed by atoms with van der Waals surface area (Å²) in [5, 5.41) is 10.7. The van der Waals surface area contributed by atoms with Crippen LogP contribution in [0.25, 0.3) is 0 Å². The van der Waals surface area contributed by atoms with E-state index in [1.165, 1.54) is 29.2 Å². The molecule has 6 heteroatoms. The van der Waals surface area contributed by atoms with Crippen molar-refractivity contribution in [2.75, 3.05) is 4.90 Å². The van der Waals surface area contributed by atoms with Crippen LogP contribution in [0.2, 0.25) is 0 Å². The molecule has 1 aromatic carbocycles. The second-order valence-electron chi connectivity index (χ2n) is 5.44. The first-order valence-electron chi connectivity index (χ1n) is 6.79. The molecule has 108 valence electrons. The fraction of sp³-hybridized carbons (Fsp3) is 0.333. The number of non-ortho nitro benzene ring substituents is 1. The van der Waals surface area contributed by atoms with E-state index in [9.17, 15) is 19.7 Å². The summed E-state index contributed by atoms with van der Waals surface area (Å²) in [7, 11) is 0. The lowest BCUT2D eigenvalue weighted by atomic mass is 9.78. The van der Waals surface area contributed by atoms with Gasteiger partial charge in [0.2, 0.25) is 11.8 Å². The Bertz CT molecular complexity index is 650. The maximum Gasteiger partial charge on any atom is 0.269 e. The second-order valence-corrected chi connectivity index (χ2v) is 5.44. The Morgan fingerprint density at radius 2 is 1.86 bits per heavy atom. The first kappa shape index (κ1) is 13.5. The smallest absolute Gasteiger partial charge is 0.269 e. The second kappa shape index (κ2) is 4.80. The number of carbonyl (C=O) groups is 2. The van der Waals surface area contributed by atoms with Gasteiger partial charge in [0.1, 0.15) is 0 Å². The van der Waals surface area contributed by atoms with Crippen LogP contribution >= 0.6 is 0 Å². The average molecular weight is 286 g/mol. The number of imide groups is 1. The molecule has 3 rings (SSSR count). The van der Waals surface area contributed by atoms with E-state index in [4.69, 9.17) is 0 Å². The molecule has 2 amide bonds. The van der Waals surface area contributed by atoms with Gasteiger partial charge in [-0.05, 0) is 24.5 Å². The van der Waals surface area contributed by atoms with Crippen molar-refractivity contribution in [3.05, 3.63) is 46.5 Å². The lowest BCUT2D eigenvalue weighted by Crippen LogP contribution is -2.31. The Kier molecular flexibility index (Phi) is 3.08. The van der Waals surface area contributed by atoms with Crippen molar-refractivity contribution in [3.8, 4) is 0 Å². The maximum absolute atomic E-state index is 12.5. The van der Waals surface area contributed by atoms with Crippen LogP contribution in [0.15, 0.2) is 36.4 Å². The quantitative estimate of drug-likeness (QED) is 0.361. The number of fused-ring (bicyclic) bond motifs is 1. The lowest BCUT2D eigenvalue weighted by Gasteiger charge is -2.22. The van der Waals surface area contributed by atoms with Gasteiger partial charge < -0.3 is 0 Å². The molecular formula is C15H14N2O4. The number of allylic oxidation sites excluding steroid dienone is 2. The first-order chi connectivity index (χ1) is 10.0. The molecule has 0 unspecified atom stereocenters. The van der Waals surface area contributed by atoms with E-state index in [0.717, 1.165) is 0 Å². The van der Waals surface area contributed by atoms with E-state index in [1.807, 2.05) is 19.1 Å². The van der Waals surface area contributed by atoms with Gasteiger partial charge in [0, 0.05) is 12.1 Å². The molecule has 2 aliphatic rings. The van der Waals surface area contributed by atoms with Gasteiger partial charge >= 0.3 is 0 Å². The highest BCUT2D eigenvalue weighted by Crippen LogP contribution is 2.40. The molecule has 21 heavy (non-hydrogen) atoms. The highest BCUT2D eigenvalue weighted by Gasteiger charge is 2.50. The predicted octanol–water partition coefficient (Wildman–Crippen LogP) is 2.30. The Morgan fingerprint density at radius 3 is 2.43 bits per heavy atom. The minimum atomic E-state index is -0.511. The Balaban J connectivity index is 1.94. The number of nitrogens with zero attached hydrogens (tertiary/aromatic N) is 2. The summed E-state index contributed by atoms with van der Waals surface area (Å²) in [4.78, 5) is 36.3. The van der Waals surface area contributed by atoms with E-state index in [0.29, 0.717) is 12.1 Å². The molecule has 0 bridgehead atoms. The molecule has 0 aromatic heterocycles. The van der Waals surface area contributed by atoms with Crippen LogP contribution in [-0.2, 0) is 9.59 Å². The number of carbonyl (C=O) groups excluding carboxylic acids is 2. The number of nitro benzene ring substituents is 1. The van der Waals surface area contributed by atoms with E-state index in [-0.39, 0.29) is 35.3 Å². The molecule has 1 saturated heterocycles. The van der Waals surface area contributed by atoms with Crippen molar-refractivity contribution in [2.24, 2.45) is 17.8 Å². The number of hydrogen-bond acceptors (Lipinski definition) is 4. The number of amides is 2. The molecule has 0 radical (unpaired) electrons. The number of benzene rings is 1. The number of hydrogen-bond donors (Lipinski definition) is 0. The van der Waals surface area contributed by atoms with Gasteiger partial charge in [-0.15, -0.1) is 0 Å². The minimum Gasteiger partial charge on any atom is -0.274 e. The predicted molar refractivity (Wildman–Crippen MR) is 75.5 cm³/mol. The van der Waals surface area contributed by atoms with E-state index < -0.39 is 4.92 Å². The Labute approximate surface area is 121 Å². The summed E-state index contributed by atoms with van der Waals surface area (Å²) in [6.07, 6.45) is 4.48. The number of anilines is 1. The minimum absolute atomic E-state index is 0.0308. The summed E-state index contributed by atoms with van der Waals surface area (Å²) >= 11 is 0. The molecule has 0 saturated carbocycles. The molecule has 1 aliphatic heterocycles. The van der Waals surface area contributed by atoms with E-state index in [2.05, 4.69) is 0 Å². The van der Waals surface area contributed by atoms with Crippen LogP contribution in [0.4, 0.5) is 11.4 Å². The third kappa shape index (κ3) is 2.03. The first-order valence-corrected chi connectivity index (χ1v) is 6.79. The van der Waals surface area contributed by atoms with Crippen LogP contribution in [0.5, 0.6) is 0 Å². The van der Waals surface area contributed by atoms with E-state index >= 15 is 0 Å². The molecule has 6 nitrogen and oxygen atoms in total. The van der Waals surface area contributed by atoms with Gasteiger partial charge in [0.25, 0.3) is 5.69 Å². The zero-order valence-electron chi connectivity index (χ0n) is 11.4. The van der Waals surface area contributed by atoms with Crippen LogP contribution in [0, 0.1) is 27.9 Å². The molecule has 1 aliphatic carbocycles. The summed E-state index contributed by atoms with van der Waals surface area (Å²) in [5.74, 6) is -1.03. The van der Waals surface area contributed by atoms with Gasteiger partial charge in [0.05, 0.1) is 22.4 Å². The Hall–Kier alpha value is -2.50. The molecule has 1 heterocycles. The van der Waals surface area contributed by atoms with Gasteiger partial charge in [-0.3, -0.25) is 24.6 Å². The molecular weight excluding hydrogens is 272 g/mol. The standard InChI is InChI=1S/C15H14N2O4/c1-9-3-2-4-12-13(9)15(19)16(14(12)18)10-5-7-11(8-6-10)17(20)21/h2-3,5-9,12-13H,4H2,1H3/t9-,12-,13-/m1/s1. The van der Waals surface area contributed by atoms with Crippen LogP contribution in [0.3, 0.4) is 0 Å². The largest absolute Gasteiger partial charge is 0.274 e. The highest BCUT2D eigenvalue weighted by molar-refractivity contribution is 6.22. The lowest BCUT2D eigenvalue weighted by molar-refractivity contribution is -0.384. The summed E-state index contributed by atoms with van der Waals surface area (Å²) in [6.45, 7) is 1.93. The zero-order valence-corrected chi connectivity index (χ0v) is 11.4. The van der Waals surface area contributed by atoms with Crippen molar-refractivity contribution in [2.45, 2.75) is 13.3 Å².